The van der Waals surface area contributed by atoms with Crippen LogP contribution in [0, 0.1) is 11.3 Å². The molecular weight excluding hydrogens is 286 g/mol. The molecule has 0 aliphatic carbocycles. The summed E-state index contributed by atoms with van der Waals surface area (Å²) in [6.07, 6.45) is 4.75. The van der Waals surface area contributed by atoms with Crippen LogP contribution in [-0.4, -0.2) is 63.1 Å². The van der Waals surface area contributed by atoms with Crippen LogP contribution in [0.5, 0.6) is 0 Å². The molecule has 21 heavy (non-hydrogen) atoms. The first kappa shape index (κ1) is 18.9. The molecular formula is C15H33N3O2S. The minimum Gasteiger partial charge on any atom is -0.330 e. The van der Waals surface area contributed by atoms with Crippen molar-refractivity contribution in [2.75, 3.05) is 45.5 Å². The van der Waals surface area contributed by atoms with Crippen LogP contribution in [0.25, 0.3) is 0 Å². The highest BCUT2D eigenvalue weighted by atomic mass is 32.2. The summed E-state index contributed by atoms with van der Waals surface area (Å²) >= 11 is 0. The van der Waals surface area contributed by atoms with E-state index in [-0.39, 0.29) is 0 Å². The number of rotatable bonds is 7. The standard InChI is InChI=1S/C15H33N3O2S/c1-15(2,3)14(7-8-16)6-5-9-17-10-12-18(13-11-17)21(4,19)20/h14H,5-13,16H2,1-4H3. The highest BCUT2D eigenvalue weighted by Crippen LogP contribution is 2.32. The van der Waals surface area contributed by atoms with Gasteiger partial charge in [0.05, 0.1) is 6.26 Å². The van der Waals surface area contributed by atoms with Gasteiger partial charge < -0.3 is 10.6 Å². The third-order valence-electron chi connectivity index (χ3n) is 4.57. The summed E-state index contributed by atoms with van der Waals surface area (Å²) in [6, 6.07) is 0. The Balaban J connectivity index is 2.31. The van der Waals surface area contributed by atoms with Crippen molar-refractivity contribution in [3.05, 3.63) is 0 Å². The minimum atomic E-state index is -3.02. The van der Waals surface area contributed by atoms with Crippen LogP contribution in [0.2, 0.25) is 0 Å². The molecule has 1 aliphatic rings. The van der Waals surface area contributed by atoms with Crippen LogP contribution in [-0.2, 0) is 10.0 Å². The van der Waals surface area contributed by atoms with Gasteiger partial charge >= 0.3 is 0 Å². The number of piperazine rings is 1. The molecule has 0 bridgehead atoms. The molecule has 0 aromatic heterocycles. The molecule has 1 saturated heterocycles. The van der Waals surface area contributed by atoms with Gasteiger partial charge in [-0.05, 0) is 43.7 Å². The van der Waals surface area contributed by atoms with E-state index in [4.69, 9.17) is 5.73 Å². The lowest BCUT2D eigenvalue weighted by molar-refractivity contribution is 0.165. The molecule has 1 atom stereocenters. The average Bonchev–Trinajstić information content (AvgIpc) is 2.36. The molecule has 1 rings (SSSR count). The van der Waals surface area contributed by atoms with Crippen LogP contribution in [0.1, 0.15) is 40.0 Å². The molecule has 1 unspecified atom stereocenters. The van der Waals surface area contributed by atoms with Gasteiger partial charge in [0.1, 0.15) is 0 Å². The fourth-order valence-electron chi connectivity index (χ4n) is 3.06. The Morgan fingerprint density at radius 3 is 2.10 bits per heavy atom. The quantitative estimate of drug-likeness (QED) is 0.769. The van der Waals surface area contributed by atoms with Crippen LogP contribution in [0.3, 0.4) is 0 Å². The molecule has 6 heteroatoms. The molecule has 126 valence electrons. The number of sulfonamides is 1. The molecule has 2 N–H and O–H groups in total. The lowest BCUT2D eigenvalue weighted by Gasteiger charge is -2.34. The topological polar surface area (TPSA) is 66.6 Å². The summed E-state index contributed by atoms with van der Waals surface area (Å²) in [7, 11) is -3.02. The Kier molecular flexibility index (Phi) is 7.10. The van der Waals surface area contributed by atoms with Gasteiger partial charge in [-0.1, -0.05) is 20.8 Å². The maximum Gasteiger partial charge on any atom is 0.211 e. The van der Waals surface area contributed by atoms with Crippen LogP contribution < -0.4 is 5.73 Å². The number of hydrogen-bond donors (Lipinski definition) is 1. The van der Waals surface area contributed by atoms with E-state index in [9.17, 15) is 8.42 Å². The maximum absolute atomic E-state index is 11.5. The summed E-state index contributed by atoms with van der Waals surface area (Å²) in [5.41, 5.74) is 6.04. The Bertz CT molecular complexity index is 396. The predicted octanol–water partition coefficient (Wildman–Crippen LogP) is 1.35. The van der Waals surface area contributed by atoms with Crippen molar-refractivity contribution < 1.29 is 8.42 Å². The van der Waals surface area contributed by atoms with Gasteiger partial charge in [0.2, 0.25) is 10.0 Å². The zero-order chi connectivity index (χ0) is 16.1. The summed E-state index contributed by atoms with van der Waals surface area (Å²) in [6.45, 7) is 11.7. The SMILES string of the molecule is CC(C)(C)C(CCN)CCCN1CCN(S(C)(=O)=O)CC1. The Hall–Kier alpha value is -0.170. The van der Waals surface area contributed by atoms with Crippen molar-refractivity contribution >= 4 is 10.0 Å². The molecule has 0 amide bonds. The Morgan fingerprint density at radius 1 is 1.10 bits per heavy atom. The normalized spacial score (nSPS) is 20.6. The van der Waals surface area contributed by atoms with E-state index in [0.717, 1.165) is 32.6 Å². The van der Waals surface area contributed by atoms with E-state index in [1.165, 1.54) is 19.1 Å². The van der Waals surface area contributed by atoms with E-state index in [1.807, 2.05) is 0 Å². The maximum atomic E-state index is 11.5. The summed E-state index contributed by atoms with van der Waals surface area (Å²) in [4.78, 5) is 2.38. The smallest absolute Gasteiger partial charge is 0.211 e. The molecule has 0 aromatic rings. The van der Waals surface area contributed by atoms with E-state index in [2.05, 4.69) is 25.7 Å². The lowest BCUT2D eigenvalue weighted by Crippen LogP contribution is -2.48. The zero-order valence-electron chi connectivity index (χ0n) is 14.1. The molecule has 0 radical (unpaired) electrons. The highest BCUT2D eigenvalue weighted by Gasteiger charge is 2.25. The molecule has 0 saturated carbocycles. The first-order valence-corrected chi connectivity index (χ1v) is 9.87. The minimum absolute atomic E-state index is 0.314. The second kappa shape index (κ2) is 7.90. The van der Waals surface area contributed by atoms with Crippen molar-refractivity contribution in [2.45, 2.75) is 40.0 Å². The molecule has 0 aromatic carbocycles. The predicted molar refractivity (Wildman–Crippen MR) is 88.7 cm³/mol. The van der Waals surface area contributed by atoms with Crippen LogP contribution in [0.4, 0.5) is 0 Å². The molecule has 5 nitrogen and oxygen atoms in total. The van der Waals surface area contributed by atoms with E-state index >= 15 is 0 Å². The molecule has 0 spiro atoms. The van der Waals surface area contributed by atoms with E-state index < -0.39 is 10.0 Å². The zero-order valence-corrected chi connectivity index (χ0v) is 15.0. The largest absolute Gasteiger partial charge is 0.330 e. The first-order valence-electron chi connectivity index (χ1n) is 8.02. The molecule has 1 aliphatic heterocycles. The third-order valence-corrected chi connectivity index (χ3v) is 5.87. The lowest BCUT2D eigenvalue weighted by atomic mass is 9.76. The second-order valence-corrected chi connectivity index (χ2v) is 9.27. The van der Waals surface area contributed by atoms with Gasteiger partial charge in [0.15, 0.2) is 0 Å². The Labute approximate surface area is 130 Å². The fraction of sp³-hybridized carbons (Fsp3) is 1.00. The fourth-order valence-corrected chi connectivity index (χ4v) is 3.88. The van der Waals surface area contributed by atoms with Crippen molar-refractivity contribution in [1.82, 2.24) is 9.21 Å². The summed E-state index contributed by atoms with van der Waals surface area (Å²) < 4.78 is 24.5. The Morgan fingerprint density at radius 2 is 1.67 bits per heavy atom. The van der Waals surface area contributed by atoms with Crippen LogP contribution >= 0.6 is 0 Å². The number of hydrogen-bond acceptors (Lipinski definition) is 4. The van der Waals surface area contributed by atoms with Crippen molar-refractivity contribution in [3.63, 3.8) is 0 Å². The van der Waals surface area contributed by atoms with E-state index in [1.54, 1.807) is 4.31 Å². The van der Waals surface area contributed by atoms with Crippen molar-refractivity contribution in [2.24, 2.45) is 17.1 Å². The van der Waals surface area contributed by atoms with Crippen LogP contribution in [0.15, 0.2) is 0 Å². The van der Waals surface area contributed by atoms with Crippen molar-refractivity contribution in [1.29, 1.82) is 0 Å². The summed E-state index contributed by atoms with van der Waals surface area (Å²) in [5.74, 6) is 0.666. The first-order chi connectivity index (χ1) is 9.64. The average molecular weight is 320 g/mol. The molecule has 1 fully saturated rings. The van der Waals surface area contributed by atoms with Gasteiger partial charge in [-0.2, -0.15) is 4.31 Å². The number of nitrogens with two attached hydrogens (primary N) is 1. The van der Waals surface area contributed by atoms with Gasteiger partial charge in [0.25, 0.3) is 0 Å². The van der Waals surface area contributed by atoms with Gasteiger partial charge in [-0.3, -0.25) is 0 Å². The summed E-state index contributed by atoms with van der Waals surface area (Å²) in [5, 5.41) is 0. The van der Waals surface area contributed by atoms with Gasteiger partial charge in [0, 0.05) is 26.2 Å². The van der Waals surface area contributed by atoms with Gasteiger partial charge in [-0.15, -0.1) is 0 Å². The number of nitrogens with zero attached hydrogens (tertiary/aromatic N) is 2. The third kappa shape index (κ3) is 6.63. The van der Waals surface area contributed by atoms with Crippen molar-refractivity contribution in [3.8, 4) is 0 Å². The van der Waals surface area contributed by atoms with Gasteiger partial charge in [-0.25, -0.2) is 8.42 Å². The monoisotopic (exact) mass is 319 g/mol. The highest BCUT2D eigenvalue weighted by molar-refractivity contribution is 7.88. The molecule has 1 heterocycles. The van der Waals surface area contributed by atoms with E-state index in [0.29, 0.717) is 24.4 Å². The second-order valence-electron chi connectivity index (χ2n) is 7.29.